The zero-order chi connectivity index (χ0) is 7.78. The zero-order valence-corrected chi connectivity index (χ0v) is 6.64. The van der Waals surface area contributed by atoms with E-state index in [1.807, 2.05) is 0 Å². The molecule has 0 N–H and O–H groups in total. The number of hydrogen-bond acceptors (Lipinski definition) is 1. The normalized spacial score (nSPS) is 18.0. The third-order valence-electron chi connectivity index (χ3n) is 0.800. The van der Waals surface area contributed by atoms with E-state index in [-0.39, 0.29) is 3.72 Å². The Morgan fingerprint density at radius 3 is 2.20 bits per heavy atom. The maximum atomic E-state index is 11.7. The lowest BCUT2D eigenvalue weighted by Gasteiger charge is -2.02. The number of rotatable bonds is 0. The fourth-order valence-electron chi connectivity index (χ4n) is 0.411. The molecule has 0 atom stereocenters. The minimum absolute atomic E-state index is 0.255. The van der Waals surface area contributed by atoms with Crippen molar-refractivity contribution >= 4 is 26.3 Å². The van der Waals surface area contributed by atoms with Crippen LogP contribution >= 0.6 is 22.6 Å². The largest absolute Gasteiger partial charge is 0.435 e. The van der Waals surface area contributed by atoms with Crippen molar-refractivity contribution in [3.63, 3.8) is 0 Å². The van der Waals surface area contributed by atoms with Gasteiger partial charge in [0.05, 0.1) is 0 Å². The van der Waals surface area contributed by atoms with Crippen molar-refractivity contribution in [1.29, 1.82) is 0 Å². The van der Waals surface area contributed by atoms with Crippen molar-refractivity contribution in [2.75, 3.05) is 0 Å². The molecule has 0 fully saturated rings. The van der Waals surface area contributed by atoms with Crippen LogP contribution in [0.2, 0.25) is 0 Å². The van der Waals surface area contributed by atoms with Crippen LogP contribution in [0.4, 0.5) is 13.2 Å². The Morgan fingerprint density at radius 2 is 2.00 bits per heavy atom. The molecule has 0 amide bonds. The Hall–Kier alpha value is -0.270. The van der Waals surface area contributed by atoms with Crippen LogP contribution in [0.25, 0.3) is 0 Å². The van der Waals surface area contributed by atoms with Gasteiger partial charge in [-0.25, -0.2) is 0 Å². The van der Waals surface area contributed by atoms with Crippen molar-refractivity contribution in [1.82, 2.24) is 5.43 Å². The van der Waals surface area contributed by atoms with Gasteiger partial charge in [-0.2, -0.15) is 13.2 Å². The molecule has 55 valence electrons. The minimum atomic E-state index is -4.36. The zero-order valence-electron chi connectivity index (χ0n) is 4.48. The molecule has 6 heteroatoms. The first-order valence-electron chi connectivity index (χ1n) is 2.23. The van der Waals surface area contributed by atoms with Crippen molar-refractivity contribution < 1.29 is 13.2 Å². The molecular weight excluding hydrogens is 260 g/mol. The number of halogens is 4. The Labute approximate surface area is 68.3 Å². The maximum absolute atomic E-state index is 11.7. The predicted molar refractivity (Wildman–Crippen MR) is 37.7 cm³/mol. The first-order chi connectivity index (χ1) is 4.50. The lowest BCUT2D eigenvalue weighted by atomic mass is 10.4. The maximum Gasteiger partial charge on any atom is 0.435 e. The summed E-state index contributed by atoms with van der Waals surface area (Å²) in [5, 5.41) is 3.20. The summed E-state index contributed by atoms with van der Waals surface area (Å²) >= 11 is 1.67. The van der Waals surface area contributed by atoms with E-state index in [1.165, 1.54) is 0 Å². The van der Waals surface area contributed by atoms with E-state index < -0.39 is 11.9 Å². The second-order valence-electron chi connectivity index (χ2n) is 1.55. The highest BCUT2D eigenvalue weighted by Gasteiger charge is 2.37. The lowest BCUT2D eigenvalue weighted by molar-refractivity contribution is -0.0964. The van der Waals surface area contributed by atoms with Crippen molar-refractivity contribution in [3.8, 4) is 0 Å². The Kier molecular flexibility index (Phi) is 1.88. The average molecular weight is 261 g/mol. The highest BCUT2D eigenvalue weighted by Crippen LogP contribution is 2.27. The Morgan fingerprint density at radius 1 is 1.40 bits per heavy atom. The molecular formula is C4HF3IN2. The average Bonchev–Trinajstić information content (AvgIpc) is 2.11. The third-order valence-corrected chi connectivity index (χ3v) is 1.33. The third kappa shape index (κ3) is 1.61. The topological polar surface area (TPSA) is 26.5 Å². The standard InChI is InChI=1S/C4HF3IN2/c5-4(6,7)2-1-3(8)10-9-2/h1H. The molecule has 2 nitrogen and oxygen atoms in total. The Bertz CT molecular complexity index is 205. The molecule has 1 radical (unpaired) electrons. The number of alkyl halides is 3. The van der Waals surface area contributed by atoms with Crippen molar-refractivity contribution in [3.05, 3.63) is 11.8 Å². The molecule has 0 aromatic heterocycles. The van der Waals surface area contributed by atoms with E-state index in [9.17, 15) is 13.2 Å². The summed E-state index contributed by atoms with van der Waals surface area (Å²) in [4.78, 5) is 0. The fraction of sp³-hybridized carbons (Fsp3) is 0.250. The van der Waals surface area contributed by atoms with E-state index in [0.717, 1.165) is 6.08 Å². The summed E-state index contributed by atoms with van der Waals surface area (Å²) in [6, 6.07) is 0. The molecule has 0 spiro atoms. The highest BCUT2D eigenvalue weighted by molar-refractivity contribution is 14.1. The van der Waals surface area contributed by atoms with E-state index in [4.69, 9.17) is 0 Å². The monoisotopic (exact) mass is 261 g/mol. The van der Waals surface area contributed by atoms with Crippen LogP contribution in [-0.4, -0.2) is 9.89 Å². The second-order valence-corrected chi connectivity index (χ2v) is 2.66. The van der Waals surface area contributed by atoms with Crippen LogP contribution in [0.3, 0.4) is 0 Å². The number of hydrogen-bond donors (Lipinski definition) is 0. The van der Waals surface area contributed by atoms with Crippen molar-refractivity contribution in [2.24, 2.45) is 5.10 Å². The highest BCUT2D eigenvalue weighted by atomic mass is 127. The summed E-state index contributed by atoms with van der Waals surface area (Å²) in [7, 11) is 0. The van der Waals surface area contributed by atoms with E-state index in [1.54, 1.807) is 22.6 Å². The second kappa shape index (κ2) is 2.40. The van der Waals surface area contributed by atoms with E-state index in [0.29, 0.717) is 0 Å². The van der Waals surface area contributed by atoms with Gasteiger partial charge in [0, 0.05) is 6.08 Å². The van der Waals surface area contributed by atoms with Gasteiger partial charge in [0.2, 0.25) is 0 Å². The van der Waals surface area contributed by atoms with Gasteiger partial charge in [0.15, 0.2) is 5.70 Å². The van der Waals surface area contributed by atoms with E-state index >= 15 is 0 Å². The first kappa shape index (κ1) is 7.83. The van der Waals surface area contributed by atoms with Crippen LogP contribution in [-0.2, 0) is 0 Å². The number of nitrogens with zero attached hydrogens (tertiary/aromatic N) is 2. The smallest absolute Gasteiger partial charge is 0.164 e. The molecule has 0 saturated carbocycles. The Balaban J connectivity index is 2.73. The molecule has 0 bridgehead atoms. The van der Waals surface area contributed by atoms with Crippen molar-refractivity contribution in [2.45, 2.75) is 6.18 Å². The molecule has 1 aliphatic rings. The van der Waals surface area contributed by atoms with Gasteiger partial charge in [0.1, 0.15) is 3.72 Å². The van der Waals surface area contributed by atoms with Gasteiger partial charge in [0.25, 0.3) is 0 Å². The SMILES string of the molecule is FC(F)(F)C1=CC(I)=N[N]1. The summed E-state index contributed by atoms with van der Waals surface area (Å²) < 4.78 is 35.3. The molecule has 1 aliphatic heterocycles. The van der Waals surface area contributed by atoms with Gasteiger partial charge in [-0.1, -0.05) is 0 Å². The molecule has 0 aliphatic carbocycles. The summed E-state index contributed by atoms with van der Waals surface area (Å²) in [5.74, 6) is 0. The van der Waals surface area contributed by atoms with E-state index in [2.05, 4.69) is 10.5 Å². The number of allylic oxidation sites excluding steroid dienone is 2. The lowest BCUT2D eigenvalue weighted by Crippen LogP contribution is -2.15. The van der Waals surface area contributed by atoms with Crippen LogP contribution in [0.1, 0.15) is 0 Å². The quantitative estimate of drug-likeness (QED) is 0.594. The van der Waals surface area contributed by atoms with Crippen LogP contribution < -0.4 is 5.43 Å². The van der Waals surface area contributed by atoms with Gasteiger partial charge in [-0.15, -0.1) is 10.5 Å². The van der Waals surface area contributed by atoms with Crippen LogP contribution in [0, 0.1) is 0 Å². The minimum Gasteiger partial charge on any atom is -0.164 e. The summed E-state index contributed by atoms with van der Waals surface area (Å²) in [6.45, 7) is 0. The first-order valence-corrected chi connectivity index (χ1v) is 3.31. The van der Waals surface area contributed by atoms with Gasteiger partial charge in [-0.05, 0) is 22.6 Å². The predicted octanol–water partition coefficient (Wildman–Crippen LogP) is 1.80. The molecule has 1 heterocycles. The molecule has 0 unspecified atom stereocenters. The fourth-order valence-corrected chi connectivity index (χ4v) is 0.814. The van der Waals surface area contributed by atoms with Crippen LogP contribution in [0.5, 0.6) is 0 Å². The molecule has 1 rings (SSSR count). The van der Waals surface area contributed by atoms with Gasteiger partial charge in [-0.3, -0.25) is 0 Å². The van der Waals surface area contributed by atoms with Crippen LogP contribution in [0.15, 0.2) is 16.9 Å². The molecule has 0 saturated heterocycles. The molecule has 10 heavy (non-hydrogen) atoms. The van der Waals surface area contributed by atoms with Gasteiger partial charge >= 0.3 is 6.18 Å². The van der Waals surface area contributed by atoms with Gasteiger partial charge < -0.3 is 0 Å². The molecule has 0 aromatic rings. The summed E-state index contributed by atoms with van der Waals surface area (Å²) in [6.07, 6.45) is -3.48. The summed E-state index contributed by atoms with van der Waals surface area (Å²) in [5.41, 5.74) is 1.97. The molecule has 0 aromatic carbocycles.